The van der Waals surface area contributed by atoms with Gasteiger partial charge in [0.15, 0.2) is 0 Å². The highest BCUT2D eigenvalue weighted by atomic mass is 16.5. The van der Waals surface area contributed by atoms with Crippen LogP contribution in [0.2, 0.25) is 0 Å². The van der Waals surface area contributed by atoms with Crippen LogP contribution in [0, 0.1) is 0 Å². The minimum atomic E-state index is 0.239. The van der Waals surface area contributed by atoms with E-state index in [9.17, 15) is 0 Å². The molecule has 0 radical (unpaired) electrons. The molecule has 4 nitrogen and oxygen atoms in total. The number of hydrogen-bond acceptors (Lipinski definition) is 3. The molecule has 2 rings (SSSR count). The van der Waals surface area contributed by atoms with Crippen molar-refractivity contribution in [1.82, 2.24) is 14.5 Å². The molecular weight excluding hydrogens is 238 g/mol. The second kappa shape index (κ2) is 5.89. The topological polar surface area (TPSA) is 30.3 Å². The van der Waals surface area contributed by atoms with Crippen molar-refractivity contribution >= 4 is 0 Å². The molecule has 2 atom stereocenters. The lowest BCUT2D eigenvalue weighted by Gasteiger charge is -2.30. The average Bonchev–Trinajstić information content (AvgIpc) is 2.93. The molecule has 0 amide bonds. The molecule has 0 aliphatic heterocycles. The SMILES string of the molecule is COc1ccc(C(C(C)N(C)C)n2ccnc2)cc1. The molecule has 102 valence electrons. The molecular formula is C15H21N3O. The summed E-state index contributed by atoms with van der Waals surface area (Å²) in [5.41, 5.74) is 1.25. The number of aromatic nitrogens is 2. The summed E-state index contributed by atoms with van der Waals surface area (Å²) in [5, 5.41) is 0. The first kappa shape index (κ1) is 13.6. The quantitative estimate of drug-likeness (QED) is 0.826. The largest absolute Gasteiger partial charge is 0.497 e. The van der Waals surface area contributed by atoms with E-state index in [1.807, 2.05) is 30.9 Å². The van der Waals surface area contributed by atoms with E-state index in [0.717, 1.165) is 5.75 Å². The fraction of sp³-hybridized carbons (Fsp3) is 0.400. The molecule has 1 heterocycles. The van der Waals surface area contributed by atoms with Gasteiger partial charge in [-0.1, -0.05) is 12.1 Å². The molecule has 0 bridgehead atoms. The minimum absolute atomic E-state index is 0.239. The van der Waals surface area contributed by atoms with Gasteiger partial charge in [0.2, 0.25) is 0 Å². The van der Waals surface area contributed by atoms with E-state index in [4.69, 9.17) is 4.74 Å². The average molecular weight is 259 g/mol. The molecule has 0 spiro atoms. The molecule has 0 N–H and O–H groups in total. The van der Waals surface area contributed by atoms with Crippen molar-refractivity contribution in [1.29, 1.82) is 0 Å². The summed E-state index contributed by atoms with van der Waals surface area (Å²) in [6.45, 7) is 2.22. The van der Waals surface area contributed by atoms with Crippen molar-refractivity contribution in [2.24, 2.45) is 0 Å². The van der Waals surface area contributed by atoms with Gasteiger partial charge in [-0.05, 0) is 38.7 Å². The van der Waals surface area contributed by atoms with Crippen molar-refractivity contribution in [3.63, 3.8) is 0 Å². The fourth-order valence-electron chi connectivity index (χ4n) is 2.22. The third-order valence-electron chi connectivity index (χ3n) is 3.57. The van der Waals surface area contributed by atoms with Crippen LogP contribution in [0.25, 0.3) is 0 Å². The lowest BCUT2D eigenvalue weighted by molar-refractivity contribution is 0.252. The predicted molar refractivity (Wildman–Crippen MR) is 76.5 cm³/mol. The first-order chi connectivity index (χ1) is 9.13. The number of ether oxygens (including phenoxy) is 1. The smallest absolute Gasteiger partial charge is 0.118 e. The zero-order valence-electron chi connectivity index (χ0n) is 11.9. The normalized spacial score (nSPS) is 14.4. The maximum absolute atomic E-state index is 5.22. The minimum Gasteiger partial charge on any atom is -0.497 e. The van der Waals surface area contributed by atoms with Crippen molar-refractivity contribution < 1.29 is 4.74 Å². The Morgan fingerprint density at radius 3 is 2.37 bits per heavy atom. The standard InChI is InChI=1S/C15H21N3O/c1-12(17(2)3)15(18-10-9-16-11-18)13-5-7-14(19-4)8-6-13/h5-12,15H,1-4H3. The lowest BCUT2D eigenvalue weighted by atomic mass is 9.99. The van der Waals surface area contributed by atoms with Gasteiger partial charge in [0.05, 0.1) is 19.5 Å². The van der Waals surface area contributed by atoms with E-state index < -0.39 is 0 Å². The number of likely N-dealkylation sites (N-methyl/N-ethyl adjacent to an activating group) is 1. The van der Waals surface area contributed by atoms with Crippen molar-refractivity contribution in [2.45, 2.75) is 19.0 Å². The molecule has 0 fully saturated rings. The van der Waals surface area contributed by atoms with Crippen molar-refractivity contribution in [2.75, 3.05) is 21.2 Å². The highest BCUT2D eigenvalue weighted by molar-refractivity contribution is 5.30. The van der Waals surface area contributed by atoms with Gasteiger partial charge in [-0.2, -0.15) is 0 Å². The Labute approximate surface area is 114 Å². The zero-order valence-corrected chi connectivity index (χ0v) is 11.9. The molecule has 0 aliphatic rings. The zero-order chi connectivity index (χ0) is 13.8. The Kier molecular flexibility index (Phi) is 4.22. The molecule has 19 heavy (non-hydrogen) atoms. The van der Waals surface area contributed by atoms with Gasteiger partial charge in [-0.3, -0.25) is 0 Å². The maximum atomic E-state index is 5.22. The van der Waals surface area contributed by atoms with Crippen molar-refractivity contribution in [3.8, 4) is 5.75 Å². The third kappa shape index (κ3) is 2.96. The third-order valence-corrected chi connectivity index (χ3v) is 3.57. The van der Waals surface area contributed by atoms with Crippen LogP contribution in [0.1, 0.15) is 18.5 Å². The van der Waals surface area contributed by atoms with Crippen LogP contribution in [0.15, 0.2) is 43.0 Å². The van der Waals surface area contributed by atoms with Gasteiger partial charge in [0.1, 0.15) is 5.75 Å². The van der Waals surface area contributed by atoms with E-state index >= 15 is 0 Å². The van der Waals surface area contributed by atoms with Gasteiger partial charge in [-0.25, -0.2) is 4.98 Å². The number of rotatable bonds is 5. The number of hydrogen-bond donors (Lipinski definition) is 0. The summed E-state index contributed by atoms with van der Waals surface area (Å²) >= 11 is 0. The second-order valence-electron chi connectivity index (χ2n) is 4.93. The van der Waals surface area contributed by atoms with E-state index in [0.29, 0.717) is 6.04 Å². The summed E-state index contributed by atoms with van der Waals surface area (Å²) in [4.78, 5) is 6.38. The van der Waals surface area contributed by atoms with Gasteiger partial charge in [0, 0.05) is 18.4 Å². The lowest BCUT2D eigenvalue weighted by Crippen LogP contribution is -2.34. The van der Waals surface area contributed by atoms with Gasteiger partial charge in [-0.15, -0.1) is 0 Å². The molecule has 1 aromatic heterocycles. The fourth-order valence-corrected chi connectivity index (χ4v) is 2.22. The van der Waals surface area contributed by atoms with Crippen LogP contribution in [-0.4, -0.2) is 41.7 Å². The van der Waals surface area contributed by atoms with Gasteiger partial charge in [0.25, 0.3) is 0 Å². The molecule has 0 saturated heterocycles. The summed E-state index contributed by atoms with van der Waals surface area (Å²) in [6, 6.07) is 8.84. The van der Waals surface area contributed by atoms with Crippen molar-refractivity contribution in [3.05, 3.63) is 48.5 Å². The van der Waals surface area contributed by atoms with Crippen LogP contribution in [0.4, 0.5) is 0 Å². The molecule has 1 aromatic carbocycles. The summed E-state index contributed by atoms with van der Waals surface area (Å²) in [7, 11) is 5.88. The predicted octanol–water partition coefficient (Wildman–Crippen LogP) is 2.43. The van der Waals surface area contributed by atoms with Crippen LogP contribution in [-0.2, 0) is 0 Å². The molecule has 0 aliphatic carbocycles. The van der Waals surface area contributed by atoms with Gasteiger partial charge < -0.3 is 14.2 Å². The first-order valence-corrected chi connectivity index (χ1v) is 6.41. The van der Waals surface area contributed by atoms with E-state index in [1.165, 1.54) is 5.56 Å². The Balaban J connectivity index is 2.36. The van der Waals surface area contributed by atoms with E-state index in [-0.39, 0.29) is 6.04 Å². The van der Waals surface area contributed by atoms with Gasteiger partial charge >= 0.3 is 0 Å². The first-order valence-electron chi connectivity index (χ1n) is 6.41. The highest BCUT2D eigenvalue weighted by Crippen LogP contribution is 2.26. The van der Waals surface area contributed by atoms with E-state index in [1.54, 1.807) is 7.11 Å². The number of imidazole rings is 1. The van der Waals surface area contributed by atoms with Crippen LogP contribution in [0.3, 0.4) is 0 Å². The summed E-state index contributed by atoms with van der Waals surface area (Å²) in [5.74, 6) is 0.880. The van der Waals surface area contributed by atoms with Crippen LogP contribution >= 0.6 is 0 Å². The Bertz CT molecular complexity index is 491. The maximum Gasteiger partial charge on any atom is 0.118 e. The molecule has 0 saturated carbocycles. The highest BCUT2D eigenvalue weighted by Gasteiger charge is 2.22. The number of nitrogens with zero attached hydrogens (tertiary/aromatic N) is 3. The van der Waals surface area contributed by atoms with E-state index in [2.05, 4.69) is 47.6 Å². The van der Waals surface area contributed by atoms with Crippen LogP contribution < -0.4 is 4.74 Å². The summed E-state index contributed by atoms with van der Waals surface area (Å²) in [6.07, 6.45) is 5.70. The molecule has 2 unspecified atom stereocenters. The summed E-state index contributed by atoms with van der Waals surface area (Å²) < 4.78 is 7.36. The monoisotopic (exact) mass is 259 g/mol. The van der Waals surface area contributed by atoms with Crippen LogP contribution in [0.5, 0.6) is 5.75 Å². The molecule has 4 heteroatoms. The second-order valence-corrected chi connectivity index (χ2v) is 4.93. The molecule has 2 aromatic rings. The Hall–Kier alpha value is -1.81. The number of methoxy groups -OCH3 is 1. The Morgan fingerprint density at radius 1 is 1.21 bits per heavy atom. The Morgan fingerprint density at radius 2 is 1.89 bits per heavy atom. The number of benzene rings is 1.